The van der Waals surface area contributed by atoms with E-state index in [0.29, 0.717) is 30.1 Å². The zero-order valence-corrected chi connectivity index (χ0v) is 12.0. The molecule has 0 bridgehead atoms. The van der Waals surface area contributed by atoms with E-state index in [2.05, 4.69) is 10.3 Å². The number of rotatable bonds is 5. The third-order valence-corrected chi connectivity index (χ3v) is 2.97. The Morgan fingerprint density at radius 2 is 2.14 bits per heavy atom. The number of hydrogen-bond acceptors (Lipinski definition) is 4. The van der Waals surface area contributed by atoms with Crippen molar-refractivity contribution in [2.45, 2.75) is 20.4 Å². The van der Waals surface area contributed by atoms with Crippen molar-refractivity contribution in [3.63, 3.8) is 0 Å². The number of benzene rings is 1. The fourth-order valence-corrected chi connectivity index (χ4v) is 1.84. The Morgan fingerprint density at radius 1 is 1.33 bits per heavy atom. The standard InChI is InChI=1S/C16H17FN2O2/c1-3-21-16(20)13-5-7-15(19-10-13)18-9-12-4-6-14(17)11(2)8-12/h4-8,10H,3,9H2,1-2H3,(H,18,19). The van der Waals surface area contributed by atoms with E-state index in [1.807, 2.05) is 0 Å². The molecule has 0 amide bonds. The smallest absolute Gasteiger partial charge is 0.339 e. The van der Waals surface area contributed by atoms with Gasteiger partial charge in [0.25, 0.3) is 0 Å². The zero-order chi connectivity index (χ0) is 15.2. The van der Waals surface area contributed by atoms with Gasteiger partial charge in [-0.05, 0) is 43.2 Å². The normalized spacial score (nSPS) is 10.2. The lowest BCUT2D eigenvalue weighted by atomic mass is 10.1. The Morgan fingerprint density at radius 3 is 2.76 bits per heavy atom. The second-order valence-corrected chi connectivity index (χ2v) is 4.59. The number of aryl methyl sites for hydroxylation is 1. The van der Waals surface area contributed by atoms with Crippen LogP contribution >= 0.6 is 0 Å². The van der Waals surface area contributed by atoms with E-state index >= 15 is 0 Å². The molecule has 4 nitrogen and oxygen atoms in total. The average molecular weight is 288 g/mol. The quantitative estimate of drug-likeness (QED) is 0.858. The molecule has 0 saturated carbocycles. The summed E-state index contributed by atoms with van der Waals surface area (Å²) in [5.41, 5.74) is 1.99. The molecule has 2 aromatic rings. The van der Waals surface area contributed by atoms with E-state index in [1.54, 1.807) is 38.1 Å². The molecule has 0 aliphatic rings. The molecular formula is C16H17FN2O2. The summed E-state index contributed by atoms with van der Waals surface area (Å²) >= 11 is 0. The number of anilines is 1. The molecular weight excluding hydrogens is 271 g/mol. The number of carbonyl (C=O) groups excluding carboxylic acids is 1. The van der Waals surface area contributed by atoms with Crippen LogP contribution < -0.4 is 5.32 Å². The molecule has 1 N–H and O–H groups in total. The van der Waals surface area contributed by atoms with Crippen LogP contribution in [-0.4, -0.2) is 17.6 Å². The van der Waals surface area contributed by atoms with Crippen molar-refractivity contribution < 1.29 is 13.9 Å². The first-order valence-electron chi connectivity index (χ1n) is 6.72. The number of nitrogens with zero attached hydrogens (tertiary/aromatic N) is 1. The largest absolute Gasteiger partial charge is 0.462 e. The molecule has 1 heterocycles. The minimum atomic E-state index is -0.384. The molecule has 110 valence electrons. The van der Waals surface area contributed by atoms with Crippen LogP contribution in [0, 0.1) is 12.7 Å². The van der Waals surface area contributed by atoms with E-state index < -0.39 is 0 Å². The Kier molecular flexibility index (Phi) is 4.87. The third kappa shape index (κ3) is 4.02. The van der Waals surface area contributed by atoms with Gasteiger partial charge in [0.15, 0.2) is 0 Å². The van der Waals surface area contributed by atoms with Gasteiger partial charge >= 0.3 is 5.97 Å². The van der Waals surface area contributed by atoms with Gasteiger partial charge in [0.05, 0.1) is 12.2 Å². The first kappa shape index (κ1) is 15.0. The lowest BCUT2D eigenvalue weighted by molar-refractivity contribution is 0.0526. The highest BCUT2D eigenvalue weighted by Crippen LogP contribution is 2.12. The monoisotopic (exact) mass is 288 g/mol. The number of aromatic nitrogens is 1. The van der Waals surface area contributed by atoms with Gasteiger partial charge in [-0.1, -0.05) is 12.1 Å². The Balaban J connectivity index is 1.97. The Hall–Kier alpha value is -2.43. The number of pyridine rings is 1. The van der Waals surface area contributed by atoms with Crippen molar-refractivity contribution in [3.8, 4) is 0 Å². The summed E-state index contributed by atoms with van der Waals surface area (Å²) in [6, 6.07) is 8.33. The summed E-state index contributed by atoms with van der Waals surface area (Å²) in [6.07, 6.45) is 1.47. The Labute approximate surface area is 123 Å². The number of esters is 1. The van der Waals surface area contributed by atoms with Crippen molar-refractivity contribution in [2.75, 3.05) is 11.9 Å². The van der Waals surface area contributed by atoms with Crippen LogP contribution in [0.1, 0.15) is 28.4 Å². The van der Waals surface area contributed by atoms with Gasteiger partial charge in [0.2, 0.25) is 0 Å². The molecule has 0 aliphatic heterocycles. The van der Waals surface area contributed by atoms with Crippen molar-refractivity contribution in [1.82, 2.24) is 4.98 Å². The summed E-state index contributed by atoms with van der Waals surface area (Å²) in [5, 5.41) is 3.12. The van der Waals surface area contributed by atoms with E-state index in [-0.39, 0.29) is 11.8 Å². The number of ether oxygens (including phenoxy) is 1. The predicted molar refractivity (Wildman–Crippen MR) is 78.7 cm³/mol. The number of hydrogen-bond donors (Lipinski definition) is 1. The van der Waals surface area contributed by atoms with E-state index in [1.165, 1.54) is 12.3 Å². The molecule has 1 aromatic heterocycles. The maximum atomic E-state index is 13.2. The fraction of sp³-hybridized carbons (Fsp3) is 0.250. The fourth-order valence-electron chi connectivity index (χ4n) is 1.84. The molecule has 0 saturated heterocycles. The van der Waals surface area contributed by atoms with Gasteiger partial charge in [0, 0.05) is 12.7 Å². The van der Waals surface area contributed by atoms with Crippen LogP contribution in [0.3, 0.4) is 0 Å². The summed E-state index contributed by atoms with van der Waals surface area (Å²) < 4.78 is 18.1. The van der Waals surface area contributed by atoms with Crippen LogP contribution in [-0.2, 0) is 11.3 Å². The van der Waals surface area contributed by atoms with Crippen molar-refractivity contribution in [3.05, 3.63) is 59.0 Å². The molecule has 1 aromatic carbocycles. The Bertz CT molecular complexity index is 627. The molecule has 0 unspecified atom stereocenters. The molecule has 5 heteroatoms. The van der Waals surface area contributed by atoms with Crippen molar-refractivity contribution >= 4 is 11.8 Å². The van der Waals surface area contributed by atoms with Crippen LogP contribution in [0.2, 0.25) is 0 Å². The number of nitrogens with one attached hydrogen (secondary N) is 1. The summed E-state index contributed by atoms with van der Waals surface area (Å²) in [7, 11) is 0. The number of carbonyl (C=O) groups is 1. The third-order valence-electron chi connectivity index (χ3n) is 2.97. The van der Waals surface area contributed by atoms with E-state index in [4.69, 9.17) is 4.74 Å². The molecule has 0 radical (unpaired) electrons. The predicted octanol–water partition coefficient (Wildman–Crippen LogP) is 3.32. The maximum absolute atomic E-state index is 13.2. The van der Waals surface area contributed by atoms with Gasteiger partial charge in [-0.25, -0.2) is 14.2 Å². The summed E-state index contributed by atoms with van der Waals surface area (Å²) in [5.74, 6) is 0.0476. The first-order chi connectivity index (χ1) is 10.1. The maximum Gasteiger partial charge on any atom is 0.339 e. The van der Waals surface area contributed by atoms with Gasteiger partial charge in [-0.3, -0.25) is 0 Å². The van der Waals surface area contributed by atoms with Crippen LogP contribution in [0.5, 0.6) is 0 Å². The SMILES string of the molecule is CCOC(=O)c1ccc(NCc2ccc(F)c(C)c2)nc1. The van der Waals surface area contributed by atoms with Crippen LogP contribution in [0.4, 0.5) is 10.2 Å². The van der Waals surface area contributed by atoms with Gasteiger partial charge < -0.3 is 10.1 Å². The van der Waals surface area contributed by atoms with E-state index in [9.17, 15) is 9.18 Å². The molecule has 0 spiro atoms. The van der Waals surface area contributed by atoms with Crippen LogP contribution in [0.25, 0.3) is 0 Å². The van der Waals surface area contributed by atoms with Gasteiger partial charge in [-0.15, -0.1) is 0 Å². The van der Waals surface area contributed by atoms with E-state index in [0.717, 1.165) is 5.56 Å². The molecule has 0 aliphatic carbocycles. The van der Waals surface area contributed by atoms with Gasteiger partial charge in [0.1, 0.15) is 11.6 Å². The average Bonchev–Trinajstić information content (AvgIpc) is 2.49. The highest BCUT2D eigenvalue weighted by Gasteiger charge is 2.06. The van der Waals surface area contributed by atoms with Gasteiger partial charge in [-0.2, -0.15) is 0 Å². The second-order valence-electron chi connectivity index (χ2n) is 4.59. The van der Waals surface area contributed by atoms with Crippen LogP contribution in [0.15, 0.2) is 36.5 Å². The number of halogens is 1. The summed E-state index contributed by atoms with van der Waals surface area (Å²) in [6.45, 7) is 4.35. The molecule has 2 rings (SSSR count). The molecule has 0 fully saturated rings. The first-order valence-corrected chi connectivity index (χ1v) is 6.72. The molecule has 21 heavy (non-hydrogen) atoms. The highest BCUT2D eigenvalue weighted by molar-refractivity contribution is 5.89. The minimum Gasteiger partial charge on any atom is -0.462 e. The second kappa shape index (κ2) is 6.83. The topological polar surface area (TPSA) is 51.2 Å². The minimum absolute atomic E-state index is 0.212. The lowest BCUT2D eigenvalue weighted by Gasteiger charge is -2.07. The van der Waals surface area contributed by atoms with Crippen molar-refractivity contribution in [1.29, 1.82) is 0 Å². The molecule has 0 atom stereocenters. The highest BCUT2D eigenvalue weighted by atomic mass is 19.1. The zero-order valence-electron chi connectivity index (χ0n) is 12.0. The summed E-state index contributed by atoms with van der Waals surface area (Å²) in [4.78, 5) is 15.6. The van der Waals surface area contributed by atoms with Crippen molar-refractivity contribution in [2.24, 2.45) is 0 Å². The lowest BCUT2D eigenvalue weighted by Crippen LogP contribution is -2.06.